The molecule has 0 aromatic heterocycles. The van der Waals surface area contributed by atoms with Gasteiger partial charge in [-0.15, -0.1) is 0 Å². The molecule has 12 nitrogen and oxygen atoms in total. The fourth-order valence-corrected chi connectivity index (χ4v) is 9.29. The van der Waals surface area contributed by atoms with E-state index in [1.54, 1.807) is 34.5 Å². The van der Waals surface area contributed by atoms with Crippen LogP contribution in [-0.2, 0) is 54.8 Å². The van der Waals surface area contributed by atoms with Gasteiger partial charge in [0.15, 0.2) is 0 Å². The van der Waals surface area contributed by atoms with Gasteiger partial charge in [0.1, 0.15) is 71.4 Å². The second kappa shape index (κ2) is 23.6. The van der Waals surface area contributed by atoms with Gasteiger partial charge in [0.2, 0.25) is 0 Å². The van der Waals surface area contributed by atoms with Crippen molar-refractivity contribution in [2.45, 2.75) is 63.9 Å². The summed E-state index contributed by atoms with van der Waals surface area (Å²) in [6.07, 6.45) is -2.34. The monoisotopic (exact) mass is 948 g/mol. The molecule has 7 aromatic rings. The SMILES string of the molecule is C=CCOC(=O)c1c(OC)cc2c(OC)c3c(OC)cc(C4O[C@H](COCc5ccccc5)[C@@H](OCc5ccccc5)[C@H](OCc5ccccc5)[C@H]4OCc4ccccc4)c(OC)c3c(OC)c2c1C. The van der Waals surface area contributed by atoms with Crippen LogP contribution >= 0.6 is 0 Å². The number of ether oxygens (including phenoxy) is 11. The number of aryl methyl sites for hydroxylation is 1. The van der Waals surface area contributed by atoms with Crippen LogP contribution in [0.15, 0.2) is 146 Å². The highest BCUT2D eigenvalue weighted by Gasteiger charge is 2.50. The molecule has 364 valence electrons. The highest BCUT2D eigenvalue weighted by Crippen LogP contribution is 2.55. The number of methoxy groups -OCH3 is 5. The molecule has 1 heterocycles. The topological polar surface area (TPSA) is 119 Å². The van der Waals surface area contributed by atoms with Gasteiger partial charge in [0, 0.05) is 16.3 Å². The minimum Gasteiger partial charge on any atom is -0.496 e. The molecule has 1 unspecified atom stereocenters. The molecule has 7 aromatic carbocycles. The number of esters is 1. The molecule has 0 N–H and O–H groups in total. The number of carbonyl (C=O) groups excluding carboxylic acids is 1. The summed E-state index contributed by atoms with van der Waals surface area (Å²) in [6.45, 7) is 6.76. The zero-order chi connectivity index (χ0) is 49.0. The molecular formula is C58H60O12. The lowest BCUT2D eigenvalue weighted by Crippen LogP contribution is -2.58. The molecule has 70 heavy (non-hydrogen) atoms. The van der Waals surface area contributed by atoms with E-state index in [1.807, 2.05) is 134 Å². The fourth-order valence-electron chi connectivity index (χ4n) is 9.29. The number of rotatable bonds is 22. The van der Waals surface area contributed by atoms with Gasteiger partial charge in [-0.1, -0.05) is 134 Å². The van der Waals surface area contributed by atoms with Gasteiger partial charge in [-0.05, 0) is 46.9 Å². The second-order valence-electron chi connectivity index (χ2n) is 16.8. The lowest BCUT2D eigenvalue weighted by atomic mass is 9.87. The molecule has 0 saturated carbocycles. The van der Waals surface area contributed by atoms with E-state index < -0.39 is 36.5 Å². The van der Waals surface area contributed by atoms with E-state index in [9.17, 15) is 4.79 Å². The molecule has 12 heteroatoms. The van der Waals surface area contributed by atoms with Crippen molar-refractivity contribution in [2.75, 3.05) is 48.8 Å². The van der Waals surface area contributed by atoms with Gasteiger partial charge in [0.25, 0.3) is 0 Å². The summed E-state index contributed by atoms with van der Waals surface area (Å²) >= 11 is 0. The predicted molar refractivity (Wildman–Crippen MR) is 268 cm³/mol. The molecule has 0 spiro atoms. The molecule has 0 amide bonds. The average molecular weight is 949 g/mol. The molecule has 0 bridgehead atoms. The quantitative estimate of drug-likeness (QED) is 0.0366. The second-order valence-corrected chi connectivity index (χ2v) is 16.8. The summed E-state index contributed by atoms with van der Waals surface area (Å²) < 4.78 is 72.0. The van der Waals surface area contributed by atoms with Crippen LogP contribution in [0.3, 0.4) is 0 Å². The first-order chi connectivity index (χ1) is 34.3. The fraction of sp³-hybridized carbons (Fsp3) is 0.293. The van der Waals surface area contributed by atoms with E-state index in [0.29, 0.717) is 68.0 Å². The molecule has 0 aliphatic carbocycles. The van der Waals surface area contributed by atoms with Gasteiger partial charge >= 0.3 is 5.97 Å². The third-order valence-corrected chi connectivity index (χ3v) is 12.5. The van der Waals surface area contributed by atoms with E-state index in [-0.39, 0.29) is 38.6 Å². The number of carbonyl (C=O) groups is 1. The van der Waals surface area contributed by atoms with Crippen molar-refractivity contribution in [1.29, 1.82) is 0 Å². The molecule has 1 saturated heterocycles. The van der Waals surface area contributed by atoms with Crippen LogP contribution < -0.4 is 23.7 Å². The Balaban J connectivity index is 1.36. The molecule has 1 fully saturated rings. The Kier molecular flexibility index (Phi) is 16.7. The number of hydrogen-bond donors (Lipinski definition) is 0. The summed E-state index contributed by atoms with van der Waals surface area (Å²) in [5.41, 5.74) is 5.25. The standard InChI is InChI=1S/C58H60O12/c1-8-29-66-58(59)48-37(2)47-42(30-44(48)60-3)51(62-5)49-45(61-4)31-43(52(63-6)50(49)55(47)64-7)53-56(68-34-40-25-17-11-18-26-40)57(69-35-41-27-19-12-20-28-41)54(67-33-39-23-15-10-16-24-39)46(70-53)36-65-32-38-21-13-9-14-22-38/h8-28,30-31,46,53-54,56-57H,1,29,32-36H2,2-7H3/t46-,53?,54-,56+,57+/m1/s1. The van der Waals surface area contributed by atoms with Gasteiger partial charge in [-0.25, -0.2) is 4.79 Å². The molecule has 5 atom stereocenters. The molecule has 0 radical (unpaired) electrons. The normalized spacial score (nSPS) is 17.8. The minimum absolute atomic E-state index is 0.00736. The van der Waals surface area contributed by atoms with Crippen molar-refractivity contribution in [3.05, 3.63) is 185 Å². The van der Waals surface area contributed by atoms with Gasteiger partial charge in [-0.2, -0.15) is 0 Å². The van der Waals surface area contributed by atoms with E-state index in [1.165, 1.54) is 13.2 Å². The third kappa shape index (κ3) is 10.6. The number of hydrogen-bond acceptors (Lipinski definition) is 12. The summed E-state index contributed by atoms with van der Waals surface area (Å²) in [6, 6.07) is 43.6. The zero-order valence-corrected chi connectivity index (χ0v) is 40.5. The van der Waals surface area contributed by atoms with Crippen LogP contribution in [0.5, 0.6) is 28.7 Å². The Bertz CT molecular complexity index is 2840. The number of benzene rings is 7. The highest BCUT2D eigenvalue weighted by molar-refractivity contribution is 6.18. The van der Waals surface area contributed by atoms with Gasteiger partial charge in [0.05, 0.1) is 79.4 Å². The van der Waals surface area contributed by atoms with Gasteiger partial charge < -0.3 is 52.1 Å². The lowest BCUT2D eigenvalue weighted by Gasteiger charge is -2.46. The van der Waals surface area contributed by atoms with Crippen LogP contribution in [-0.4, -0.2) is 79.1 Å². The highest BCUT2D eigenvalue weighted by atomic mass is 16.6. The van der Waals surface area contributed by atoms with Crippen LogP contribution in [0, 0.1) is 6.92 Å². The third-order valence-electron chi connectivity index (χ3n) is 12.5. The first kappa shape index (κ1) is 49.5. The molecule has 1 aliphatic heterocycles. The summed E-state index contributed by atoms with van der Waals surface area (Å²) in [5, 5.41) is 2.24. The first-order valence-corrected chi connectivity index (χ1v) is 23.2. The van der Waals surface area contributed by atoms with E-state index in [2.05, 4.69) is 6.58 Å². The molecule has 8 rings (SSSR count). The van der Waals surface area contributed by atoms with E-state index in [0.717, 1.165) is 22.3 Å². The van der Waals surface area contributed by atoms with Crippen molar-refractivity contribution in [2.24, 2.45) is 0 Å². The largest absolute Gasteiger partial charge is 0.496 e. The lowest BCUT2D eigenvalue weighted by molar-refractivity contribution is -0.275. The number of fused-ring (bicyclic) bond motifs is 2. The Morgan fingerprint density at radius 3 is 1.56 bits per heavy atom. The summed E-state index contributed by atoms with van der Waals surface area (Å²) in [5.74, 6) is 1.36. The predicted octanol–water partition coefficient (Wildman–Crippen LogP) is 11.1. The smallest absolute Gasteiger partial charge is 0.342 e. The van der Waals surface area contributed by atoms with E-state index in [4.69, 9.17) is 52.1 Å². The van der Waals surface area contributed by atoms with Crippen LogP contribution in [0.1, 0.15) is 49.8 Å². The van der Waals surface area contributed by atoms with Crippen molar-refractivity contribution in [1.82, 2.24) is 0 Å². The maximum Gasteiger partial charge on any atom is 0.342 e. The summed E-state index contributed by atoms with van der Waals surface area (Å²) in [7, 11) is 7.84. The van der Waals surface area contributed by atoms with E-state index >= 15 is 0 Å². The Hall–Kier alpha value is -6.93. The molecule has 1 aliphatic rings. The van der Waals surface area contributed by atoms with Crippen LogP contribution in [0.25, 0.3) is 21.5 Å². The minimum atomic E-state index is -0.896. The Labute approximate surface area is 409 Å². The van der Waals surface area contributed by atoms with Crippen molar-refractivity contribution >= 4 is 27.5 Å². The molecular weight excluding hydrogens is 889 g/mol. The van der Waals surface area contributed by atoms with Crippen LogP contribution in [0.4, 0.5) is 0 Å². The zero-order valence-electron chi connectivity index (χ0n) is 40.5. The first-order valence-electron chi connectivity index (χ1n) is 23.2. The van der Waals surface area contributed by atoms with Crippen molar-refractivity contribution < 1.29 is 56.9 Å². The Morgan fingerprint density at radius 2 is 1.06 bits per heavy atom. The maximum absolute atomic E-state index is 13.7. The van der Waals surface area contributed by atoms with Crippen molar-refractivity contribution in [3.8, 4) is 28.7 Å². The summed E-state index contributed by atoms with van der Waals surface area (Å²) in [4.78, 5) is 13.7. The Morgan fingerprint density at radius 1 is 0.557 bits per heavy atom. The average Bonchev–Trinajstić information content (AvgIpc) is 3.40. The van der Waals surface area contributed by atoms with Gasteiger partial charge in [-0.3, -0.25) is 0 Å². The van der Waals surface area contributed by atoms with Crippen molar-refractivity contribution in [3.63, 3.8) is 0 Å². The maximum atomic E-state index is 13.7. The van der Waals surface area contributed by atoms with Crippen LogP contribution in [0.2, 0.25) is 0 Å².